The number of carbonyl (C=O) groups excluding carboxylic acids is 1. The van der Waals surface area contributed by atoms with E-state index in [2.05, 4.69) is 28.6 Å². The standard InChI is InChI=1S/C12H14BrNO2S/c13-8-3-4-10(11(17)6-8)12(16)14-5-1-2-9(15)7-14/h3-4,6,9,15,17H,1-2,5,7H2. The highest BCUT2D eigenvalue weighted by molar-refractivity contribution is 9.10. The Labute approximate surface area is 114 Å². The second kappa shape index (κ2) is 5.42. The summed E-state index contributed by atoms with van der Waals surface area (Å²) >= 11 is 7.65. The van der Waals surface area contributed by atoms with Gasteiger partial charge >= 0.3 is 0 Å². The van der Waals surface area contributed by atoms with Crippen molar-refractivity contribution in [3.05, 3.63) is 28.2 Å². The molecule has 1 aliphatic heterocycles. The number of rotatable bonds is 1. The van der Waals surface area contributed by atoms with Crippen LogP contribution in [0.1, 0.15) is 23.2 Å². The number of likely N-dealkylation sites (tertiary alicyclic amines) is 1. The van der Waals surface area contributed by atoms with Gasteiger partial charge in [0.05, 0.1) is 11.7 Å². The molecule has 1 unspecified atom stereocenters. The first kappa shape index (κ1) is 12.9. The van der Waals surface area contributed by atoms with E-state index < -0.39 is 6.10 Å². The zero-order chi connectivity index (χ0) is 12.4. The molecule has 1 aliphatic rings. The fourth-order valence-corrected chi connectivity index (χ4v) is 2.84. The SMILES string of the molecule is O=C(c1ccc(Br)cc1S)N1CCCC(O)C1. The van der Waals surface area contributed by atoms with Gasteiger partial charge in [-0.05, 0) is 31.0 Å². The number of hydrogen-bond donors (Lipinski definition) is 2. The van der Waals surface area contributed by atoms with Gasteiger partial charge in [0.25, 0.3) is 5.91 Å². The molecule has 1 fully saturated rings. The number of hydrogen-bond acceptors (Lipinski definition) is 3. The van der Waals surface area contributed by atoms with Crippen molar-refractivity contribution in [3.63, 3.8) is 0 Å². The molecule has 0 saturated carbocycles. The van der Waals surface area contributed by atoms with Crippen LogP contribution >= 0.6 is 28.6 Å². The van der Waals surface area contributed by atoms with Crippen LogP contribution in [0.15, 0.2) is 27.6 Å². The van der Waals surface area contributed by atoms with E-state index in [-0.39, 0.29) is 5.91 Å². The predicted octanol–water partition coefficient (Wildman–Crippen LogP) is 2.33. The Balaban J connectivity index is 2.18. The van der Waals surface area contributed by atoms with Crippen LogP contribution in [0.5, 0.6) is 0 Å². The Hall–Kier alpha value is -0.520. The van der Waals surface area contributed by atoms with Gasteiger partial charge in [-0.1, -0.05) is 15.9 Å². The highest BCUT2D eigenvalue weighted by Crippen LogP contribution is 2.22. The summed E-state index contributed by atoms with van der Waals surface area (Å²) in [5.41, 5.74) is 0.589. The Morgan fingerprint density at radius 2 is 2.29 bits per heavy atom. The molecule has 0 bridgehead atoms. The molecule has 1 aromatic rings. The molecule has 1 heterocycles. The van der Waals surface area contributed by atoms with E-state index in [1.54, 1.807) is 17.0 Å². The van der Waals surface area contributed by atoms with Gasteiger partial charge in [-0.3, -0.25) is 4.79 Å². The summed E-state index contributed by atoms with van der Waals surface area (Å²) in [5.74, 6) is -0.0544. The summed E-state index contributed by atoms with van der Waals surface area (Å²) in [4.78, 5) is 14.6. The summed E-state index contributed by atoms with van der Waals surface area (Å²) in [5, 5.41) is 9.57. The van der Waals surface area contributed by atoms with Gasteiger partial charge in [0, 0.05) is 22.5 Å². The first-order valence-electron chi connectivity index (χ1n) is 5.54. The van der Waals surface area contributed by atoms with Crippen molar-refractivity contribution < 1.29 is 9.90 Å². The van der Waals surface area contributed by atoms with Crippen molar-refractivity contribution >= 4 is 34.5 Å². The lowest BCUT2D eigenvalue weighted by Gasteiger charge is -2.30. The number of piperidine rings is 1. The van der Waals surface area contributed by atoms with Gasteiger partial charge < -0.3 is 10.0 Å². The van der Waals surface area contributed by atoms with E-state index in [0.717, 1.165) is 17.3 Å². The number of aliphatic hydroxyl groups excluding tert-OH is 1. The lowest BCUT2D eigenvalue weighted by atomic mass is 10.1. The lowest BCUT2D eigenvalue weighted by molar-refractivity contribution is 0.0471. The first-order valence-corrected chi connectivity index (χ1v) is 6.78. The maximum absolute atomic E-state index is 12.2. The quantitative estimate of drug-likeness (QED) is 0.781. The van der Waals surface area contributed by atoms with E-state index in [9.17, 15) is 9.90 Å². The largest absolute Gasteiger partial charge is 0.391 e. The van der Waals surface area contributed by atoms with Crippen molar-refractivity contribution in [2.24, 2.45) is 0 Å². The molecule has 1 aromatic carbocycles. The van der Waals surface area contributed by atoms with Crippen LogP contribution in [0.3, 0.4) is 0 Å². The van der Waals surface area contributed by atoms with Gasteiger partial charge in [-0.25, -0.2) is 0 Å². The second-order valence-electron chi connectivity index (χ2n) is 4.21. The van der Waals surface area contributed by atoms with E-state index in [0.29, 0.717) is 23.5 Å². The average Bonchev–Trinajstić information content (AvgIpc) is 2.28. The third-order valence-electron chi connectivity index (χ3n) is 2.87. The highest BCUT2D eigenvalue weighted by atomic mass is 79.9. The smallest absolute Gasteiger partial charge is 0.255 e. The van der Waals surface area contributed by atoms with Gasteiger partial charge in [0.1, 0.15) is 0 Å². The molecular weight excluding hydrogens is 302 g/mol. The number of aliphatic hydroxyl groups is 1. The van der Waals surface area contributed by atoms with Crippen molar-refractivity contribution in [3.8, 4) is 0 Å². The molecular formula is C12H14BrNO2S. The van der Waals surface area contributed by atoms with Crippen molar-refractivity contribution in [2.75, 3.05) is 13.1 Å². The minimum absolute atomic E-state index is 0.0544. The fraction of sp³-hybridized carbons (Fsp3) is 0.417. The molecule has 1 N–H and O–H groups in total. The Morgan fingerprint density at radius 1 is 1.53 bits per heavy atom. The second-order valence-corrected chi connectivity index (χ2v) is 5.61. The minimum atomic E-state index is -0.397. The predicted molar refractivity (Wildman–Crippen MR) is 72.5 cm³/mol. The number of amides is 1. The van der Waals surface area contributed by atoms with Crippen LogP contribution in [0.4, 0.5) is 0 Å². The molecule has 17 heavy (non-hydrogen) atoms. The van der Waals surface area contributed by atoms with Crippen LogP contribution in [0.2, 0.25) is 0 Å². The van der Waals surface area contributed by atoms with E-state index in [4.69, 9.17) is 0 Å². The van der Waals surface area contributed by atoms with Gasteiger partial charge in [0.15, 0.2) is 0 Å². The molecule has 0 spiro atoms. The van der Waals surface area contributed by atoms with Crippen molar-refractivity contribution in [1.29, 1.82) is 0 Å². The van der Waals surface area contributed by atoms with Crippen LogP contribution in [0.25, 0.3) is 0 Å². The molecule has 3 nitrogen and oxygen atoms in total. The van der Waals surface area contributed by atoms with Crippen LogP contribution in [0, 0.1) is 0 Å². The zero-order valence-corrected chi connectivity index (χ0v) is 11.7. The molecule has 2 rings (SSSR count). The normalized spacial score (nSPS) is 20.4. The summed E-state index contributed by atoms with van der Waals surface area (Å²) in [6.45, 7) is 1.13. The molecule has 0 aromatic heterocycles. The van der Waals surface area contributed by atoms with E-state index in [1.807, 2.05) is 6.07 Å². The number of thiol groups is 1. The molecule has 1 atom stereocenters. The fourth-order valence-electron chi connectivity index (χ4n) is 2.00. The molecule has 1 saturated heterocycles. The Kier molecular flexibility index (Phi) is 4.12. The molecule has 92 valence electrons. The molecule has 0 radical (unpaired) electrons. The molecule has 0 aliphatic carbocycles. The molecule has 1 amide bonds. The Bertz CT molecular complexity index is 439. The van der Waals surface area contributed by atoms with Gasteiger partial charge in [-0.2, -0.15) is 0 Å². The van der Waals surface area contributed by atoms with E-state index >= 15 is 0 Å². The zero-order valence-electron chi connectivity index (χ0n) is 9.27. The number of carbonyl (C=O) groups is 1. The Morgan fingerprint density at radius 3 is 2.94 bits per heavy atom. The van der Waals surface area contributed by atoms with Gasteiger partial charge in [-0.15, -0.1) is 12.6 Å². The summed E-state index contributed by atoms with van der Waals surface area (Å²) in [7, 11) is 0. The third kappa shape index (κ3) is 3.03. The maximum atomic E-state index is 12.2. The summed E-state index contributed by atoms with van der Waals surface area (Å²) in [6, 6.07) is 5.39. The maximum Gasteiger partial charge on any atom is 0.255 e. The van der Waals surface area contributed by atoms with Crippen LogP contribution < -0.4 is 0 Å². The highest BCUT2D eigenvalue weighted by Gasteiger charge is 2.24. The third-order valence-corrected chi connectivity index (χ3v) is 3.74. The topological polar surface area (TPSA) is 40.5 Å². The number of β-amino-alcohol motifs (C(OH)–C–C–N with tert-alkyl or cyclic N) is 1. The van der Waals surface area contributed by atoms with Crippen LogP contribution in [-0.4, -0.2) is 35.1 Å². The number of benzene rings is 1. The first-order chi connectivity index (χ1) is 8.08. The summed E-state index contributed by atoms with van der Waals surface area (Å²) in [6.07, 6.45) is 1.23. The molecule has 5 heteroatoms. The van der Waals surface area contributed by atoms with Crippen molar-refractivity contribution in [1.82, 2.24) is 4.90 Å². The monoisotopic (exact) mass is 315 g/mol. The van der Waals surface area contributed by atoms with Crippen molar-refractivity contribution in [2.45, 2.75) is 23.8 Å². The van der Waals surface area contributed by atoms with Gasteiger partial charge in [0.2, 0.25) is 0 Å². The minimum Gasteiger partial charge on any atom is -0.391 e. The van der Waals surface area contributed by atoms with Crippen LogP contribution in [-0.2, 0) is 0 Å². The average molecular weight is 316 g/mol. The number of nitrogens with zero attached hydrogens (tertiary/aromatic N) is 1. The van der Waals surface area contributed by atoms with E-state index in [1.165, 1.54) is 0 Å². The lowest BCUT2D eigenvalue weighted by Crippen LogP contribution is -2.42. The number of halogens is 1. The summed E-state index contributed by atoms with van der Waals surface area (Å²) < 4.78 is 0.901.